The summed E-state index contributed by atoms with van der Waals surface area (Å²) in [6, 6.07) is 9.62. The van der Waals surface area contributed by atoms with Crippen molar-refractivity contribution in [2.24, 2.45) is 5.41 Å². The Morgan fingerprint density at radius 2 is 2.00 bits per heavy atom. The molecule has 1 aromatic carbocycles. The van der Waals surface area contributed by atoms with Gasteiger partial charge < -0.3 is 5.32 Å². The van der Waals surface area contributed by atoms with Crippen LogP contribution in [-0.2, 0) is 6.42 Å². The van der Waals surface area contributed by atoms with Crippen LogP contribution in [0.2, 0.25) is 0 Å². The smallest absolute Gasteiger partial charge is 0.0139 e. The molecule has 1 nitrogen and oxygen atoms in total. The van der Waals surface area contributed by atoms with Gasteiger partial charge in [-0.1, -0.05) is 52.0 Å². The lowest BCUT2D eigenvalue weighted by molar-refractivity contribution is 0.298. The second kappa shape index (κ2) is 6.09. The third-order valence-electron chi connectivity index (χ3n) is 4.24. The first-order chi connectivity index (χ1) is 9.01. The van der Waals surface area contributed by atoms with E-state index in [9.17, 15) is 0 Å². The Morgan fingerprint density at radius 3 is 2.63 bits per heavy atom. The van der Waals surface area contributed by atoms with Crippen molar-refractivity contribution < 1.29 is 0 Å². The van der Waals surface area contributed by atoms with Crippen LogP contribution in [0.3, 0.4) is 0 Å². The molecule has 0 saturated carbocycles. The lowest BCUT2D eigenvalue weighted by Gasteiger charge is -2.38. The van der Waals surface area contributed by atoms with Crippen molar-refractivity contribution in [3.05, 3.63) is 35.4 Å². The van der Waals surface area contributed by atoms with Crippen LogP contribution in [0, 0.1) is 5.41 Å². The molecule has 1 N–H and O–H groups in total. The van der Waals surface area contributed by atoms with Crippen LogP contribution in [0.4, 0.5) is 0 Å². The highest BCUT2D eigenvalue weighted by Crippen LogP contribution is 2.39. The van der Waals surface area contributed by atoms with E-state index in [-0.39, 0.29) is 0 Å². The Balaban J connectivity index is 1.99. The third kappa shape index (κ3) is 3.82. The molecule has 0 bridgehead atoms. The molecule has 2 unspecified atom stereocenters. The number of nitrogens with one attached hydrogen (secondary N) is 1. The minimum absolute atomic E-state index is 0.440. The van der Waals surface area contributed by atoms with Gasteiger partial charge in [0.15, 0.2) is 0 Å². The number of hydrogen-bond acceptors (Lipinski definition) is 1. The van der Waals surface area contributed by atoms with Crippen molar-refractivity contribution in [3.8, 4) is 0 Å². The summed E-state index contributed by atoms with van der Waals surface area (Å²) >= 11 is 0. The predicted molar refractivity (Wildman–Crippen MR) is 83.7 cm³/mol. The van der Waals surface area contributed by atoms with Crippen LogP contribution < -0.4 is 5.32 Å². The van der Waals surface area contributed by atoms with Crippen molar-refractivity contribution in [2.45, 2.75) is 65.3 Å². The van der Waals surface area contributed by atoms with Crippen LogP contribution in [-0.4, -0.2) is 12.6 Å². The fourth-order valence-electron chi connectivity index (χ4n) is 3.02. The van der Waals surface area contributed by atoms with E-state index in [1.165, 1.54) is 25.7 Å². The quantitative estimate of drug-likeness (QED) is 0.792. The summed E-state index contributed by atoms with van der Waals surface area (Å²) in [7, 11) is 0. The second-order valence-corrected chi connectivity index (χ2v) is 7.17. The molecule has 0 heterocycles. The van der Waals surface area contributed by atoms with Gasteiger partial charge in [0.05, 0.1) is 0 Å². The van der Waals surface area contributed by atoms with Crippen LogP contribution >= 0.6 is 0 Å². The summed E-state index contributed by atoms with van der Waals surface area (Å²) < 4.78 is 0. The maximum atomic E-state index is 3.78. The molecule has 1 aliphatic carbocycles. The van der Waals surface area contributed by atoms with Crippen molar-refractivity contribution in [3.63, 3.8) is 0 Å². The molecule has 19 heavy (non-hydrogen) atoms. The van der Waals surface area contributed by atoms with Gasteiger partial charge >= 0.3 is 0 Å². The van der Waals surface area contributed by atoms with Gasteiger partial charge in [0.2, 0.25) is 0 Å². The Labute approximate surface area is 118 Å². The zero-order chi connectivity index (χ0) is 13.9. The summed E-state index contributed by atoms with van der Waals surface area (Å²) in [6.07, 6.45) is 5.08. The number of fused-ring (bicyclic) bond motifs is 1. The molecule has 0 saturated heterocycles. The average molecular weight is 259 g/mol. The third-order valence-corrected chi connectivity index (χ3v) is 4.24. The summed E-state index contributed by atoms with van der Waals surface area (Å²) in [5.74, 6) is 0.741. The molecule has 0 fully saturated rings. The first-order valence-corrected chi connectivity index (χ1v) is 7.82. The monoisotopic (exact) mass is 259 g/mol. The van der Waals surface area contributed by atoms with Crippen LogP contribution in [0.15, 0.2) is 24.3 Å². The SMILES string of the molecule is CCCNC(CCC(C)(C)C)C1Cc2ccccc21. The van der Waals surface area contributed by atoms with Gasteiger partial charge in [-0.15, -0.1) is 0 Å². The van der Waals surface area contributed by atoms with Gasteiger partial charge in [-0.25, -0.2) is 0 Å². The van der Waals surface area contributed by atoms with Gasteiger partial charge in [0, 0.05) is 12.0 Å². The molecule has 2 rings (SSSR count). The minimum Gasteiger partial charge on any atom is -0.313 e. The molecular weight excluding hydrogens is 230 g/mol. The largest absolute Gasteiger partial charge is 0.313 e. The highest BCUT2D eigenvalue weighted by Gasteiger charge is 2.32. The van der Waals surface area contributed by atoms with Gasteiger partial charge in [-0.05, 0) is 48.8 Å². The maximum Gasteiger partial charge on any atom is 0.0139 e. The molecule has 0 aliphatic heterocycles. The standard InChI is InChI=1S/C18H29N/c1-5-12-19-17(10-11-18(2,3)4)16-13-14-8-6-7-9-15(14)16/h6-9,16-17,19H,5,10-13H2,1-4H3. The van der Waals surface area contributed by atoms with Gasteiger partial charge in [-0.3, -0.25) is 0 Å². The molecule has 1 aromatic rings. The van der Waals surface area contributed by atoms with E-state index in [0.29, 0.717) is 11.5 Å². The summed E-state index contributed by atoms with van der Waals surface area (Å²) in [5.41, 5.74) is 3.59. The first-order valence-electron chi connectivity index (χ1n) is 7.82. The fraction of sp³-hybridized carbons (Fsp3) is 0.667. The predicted octanol–water partition coefficient (Wildman–Crippen LogP) is 4.52. The Kier molecular flexibility index (Phi) is 4.67. The topological polar surface area (TPSA) is 12.0 Å². The Bertz CT molecular complexity index is 402. The molecule has 2 atom stereocenters. The average Bonchev–Trinajstić information content (AvgIpc) is 2.32. The van der Waals surface area contributed by atoms with Crippen LogP contribution in [0.25, 0.3) is 0 Å². The molecular formula is C18H29N. The Morgan fingerprint density at radius 1 is 1.26 bits per heavy atom. The highest BCUT2D eigenvalue weighted by atomic mass is 14.9. The molecule has 0 spiro atoms. The lowest BCUT2D eigenvalue weighted by atomic mass is 9.71. The van der Waals surface area contributed by atoms with E-state index >= 15 is 0 Å². The van der Waals surface area contributed by atoms with Gasteiger partial charge in [0.1, 0.15) is 0 Å². The van der Waals surface area contributed by atoms with E-state index in [0.717, 1.165) is 12.5 Å². The van der Waals surface area contributed by atoms with Crippen molar-refractivity contribution in [2.75, 3.05) is 6.54 Å². The van der Waals surface area contributed by atoms with Crippen molar-refractivity contribution in [1.29, 1.82) is 0 Å². The zero-order valence-electron chi connectivity index (χ0n) is 13.0. The molecule has 106 valence electrons. The molecule has 1 heteroatoms. The van der Waals surface area contributed by atoms with Crippen LogP contribution in [0.1, 0.15) is 64.0 Å². The maximum absolute atomic E-state index is 3.78. The fourth-order valence-corrected chi connectivity index (χ4v) is 3.02. The van der Waals surface area contributed by atoms with Gasteiger partial charge in [0.25, 0.3) is 0 Å². The van der Waals surface area contributed by atoms with Crippen molar-refractivity contribution in [1.82, 2.24) is 5.32 Å². The summed E-state index contributed by atoms with van der Waals surface area (Å²) in [6.45, 7) is 10.4. The first kappa shape index (κ1) is 14.6. The second-order valence-electron chi connectivity index (χ2n) is 7.17. The van der Waals surface area contributed by atoms with Gasteiger partial charge in [-0.2, -0.15) is 0 Å². The van der Waals surface area contributed by atoms with E-state index in [1.54, 1.807) is 11.1 Å². The summed E-state index contributed by atoms with van der Waals surface area (Å²) in [5, 5.41) is 3.78. The van der Waals surface area contributed by atoms with E-state index in [4.69, 9.17) is 0 Å². The normalized spacial score (nSPS) is 19.7. The van der Waals surface area contributed by atoms with Crippen molar-refractivity contribution >= 4 is 0 Å². The molecule has 0 amide bonds. The number of rotatable bonds is 6. The highest BCUT2D eigenvalue weighted by molar-refractivity contribution is 5.41. The van der Waals surface area contributed by atoms with E-state index in [2.05, 4.69) is 57.3 Å². The molecule has 1 aliphatic rings. The Hall–Kier alpha value is -0.820. The zero-order valence-corrected chi connectivity index (χ0v) is 13.0. The molecule has 0 radical (unpaired) electrons. The number of benzene rings is 1. The number of hydrogen-bond donors (Lipinski definition) is 1. The van der Waals surface area contributed by atoms with E-state index in [1.807, 2.05) is 0 Å². The van der Waals surface area contributed by atoms with E-state index < -0.39 is 0 Å². The minimum atomic E-state index is 0.440. The summed E-state index contributed by atoms with van der Waals surface area (Å²) in [4.78, 5) is 0. The lowest BCUT2D eigenvalue weighted by Crippen LogP contribution is -2.41. The molecule has 0 aromatic heterocycles. The van der Waals surface area contributed by atoms with Crippen LogP contribution in [0.5, 0.6) is 0 Å².